The molecule has 1 aromatic carbocycles. The van der Waals surface area contributed by atoms with E-state index in [9.17, 15) is 9.59 Å². The van der Waals surface area contributed by atoms with E-state index in [0.717, 1.165) is 5.56 Å². The molecule has 1 heterocycles. The van der Waals surface area contributed by atoms with Gasteiger partial charge in [0, 0.05) is 12.6 Å². The molecule has 0 N–H and O–H groups in total. The van der Waals surface area contributed by atoms with E-state index in [0.29, 0.717) is 19.6 Å². The smallest absolute Gasteiger partial charge is 0.410 e. The predicted octanol–water partition coefficient (Wildman–Crippen LogP) is 2.60. The van der Waals surface area contributed by atoms with Gasteiger partial charge in [-0.05, 0) is 25.8 Å². The molecule has 2 rings (SSSR count). The van der Waals surface area contributed by atoms with Gasteiger partial charge < -0.3 is 14.4 Å². The van der Waals surface area contributed by atoms with Crippen LogP contribution in [0.1, 0.15) is 25.8 Å². The van der Waals surface area contributed by atoms with Gasteiger partial charge in [-0.3, -0.25) is 4.79 Å². The number of amides is 1. The first kappa shape index (κ1) is 15.4. The predicted molar refractivity (Wildman–Crippen MR) is 77.5 cm³/mol. The number of carbonyl (C=O) groups is 2. The average Bonchev–Trinajstić information content (AvgIpc) is 2.88. The lowest BCUT2D eigenvalue weighted by Gasteiger charge is -2.20. The maximum Gasteiger partial charge on any atom is 0.410 e. The number of ether oxygens (including phenoxy) is 2. The third-order valence-corrected chi connectivity index (χ3v) is 3.63. The van der Waals surface area contributed by atoms with Crippen LogP contribution in [0.3, 0.4) is 0 Å². The topological polar surface area (TPSA) is 55.8 Å². The molecule has 5 heteroatoms. The van der Waals surface area contributed by atoms with Crippen molar-refractivity contribution >= 4 is 12.1 Å². The number of benzene rings is 1. The van der Waals surface area contributed by atoms with E-state index in [1.54, 1.807) is 11.8 Å². The molecule has 0 saturated carbocycles. The summed E-state index contributed by atoms with van der Waals surface area (Å²) in [5.41, 5.74) is 0.944. The molecular weight excluding hydrogens is 270 g/mol. The van der Waals surface area contributed by atoms with Gasteiger partial charge >= 0.3 is 12.1 Å². The first-order valence-electron chi connectivity index (χ1n) is 7.25. The van der Waals surface area contributed by atoms with E-state index in [-0.39, 0.29) is 30.6 Å². The molecule has 1 saturated heterocycles. The number of nitrogens with zero attached hydrogens (tertiary/aromatic N) is 1. The van der Waals surface area contributed by atoms with Crippen LogP contribution in [0, 0.1) is 5.92 Å². The summed E-state index contributed by atoms with van der Waals surface area (Å²) in [5.74, 6) is -0.480. The summed E-state index contributed by atoms with van der Waals surface area (Å²) < 4.78 is 10.3. The first-order chi connectivity index (χ1) is 10.1. The molecule has 21 heavy (non-hydrogen) atoms. The fraction of sp³-hybridized carbons (Fsp3) is 0.500. The number of hydrogen-bond acceptors (Lipinski definition) is 4. The Morgan fingerprint density at radius 1 is 1.24 bits per heavy atom. The highest BCUT2D eigenvalue weighted by molar-refractivity contribution is 5.76. The largest absolute Gasteiger partial charge is 0.466 e. The summed E-state index contributed by atoms with van der Waals surface area (Å²) in [4.78, 5) is 25.4. The third kappa shape index (κ3) is 3.97. The van der Waals surface area contributed by atoms with E-state index in [1.165, 1.54) is 0 Å². The van der Waals surface area contributed by atoms with Crippen molar-refractivity contribution in [2.75, 3.05) is 13.2 Å². The Balaban J connectivity index is 1.86. The van der Waals surface area contributed by atoms with Crippen LogP contribution in [0.25, 0.3) is 0 Å². The van der Waals surface area contributed by atoms with E-state index in [2.05, 4.69) is 0 Å². The zero-order valence-corrected chi connectivity index (χ0v) is 12.5. The van der Waals surface area contributed by atoms with Crippen molar-refractivity contribution in [2.45, 2.75) is 32.9 Å². The van der Waals surface area contributed by atoms with Gasteiger partial charge in [0.2, 0.25) is 0 Å². The summed E-state index contributed by atoms with van der Waals surface area (Å²) in [6.45, 7) is 4.67. The van der Waals surface area contributed by atoms with Crippen LogP contribution in [-0.2, 0) is 20.9 Å². The molecule has 114 valence electrons. The highest BCUT2D eigenvalue weighted by Gasteiger charge is 2.37. The van der Waals surface area contributed by atoms with Gasteiger partial charge in [0.25, 0.3) is 0 Å². The van der Waals surface area contributed by atoms with Gasteiger partial charge in [-0.2, -0.15) is 0 Å². The number of likely N-dealkylation sites (tertiary alicyclic amines) is 1. The number of esters is 1. The SMILES string of the molecule is CCOC(=O)[C@@H]1C[C@H](C)N(C(=O)OCc2ccccc2)C1. The maximum atomic E-state index is 12.1. The molecule has 0 aromatic heterocycles. The van der Waals surface area contributed by atoms with Crippen molar-refractivity contribution < 1.29 is 19.1 Å². The molecule has 0 aliphatic carbocycles. The van der Waals surface area contributed by atoms with Crippen LogP contribution in [0.15, 0.2) is 30.3 Å². The Hall–Kier alpha value is -2.04. The molecule has 1 fully saturated rings. The van der Waals surface area contributed by atoms with E-state index in [4.69, 9.17) is 9.47 Å². The molecule has 1 aliphatic heterocycles. The highest BCUT2D eigenvalue weighted by atomic mass is 16.6. The minimum Gasteiger partial charge on any atom is -0.466 e. The van der Waals surface area contributed by atoms with Crippen molar-refractivity contribution in [1.29, 1.82) is 0 Å². The fourth-order valence-electron chi connectivity index (χ4n) is 2.52. The second kappa shape index (κ2) is 7.11. The Kier molecular flexibility index (Phi) is 5.20. The lowest BCUT2D eigenvalue weighted by atomic mass is 10.1. The highest BCUT2D eigenvalue weighted by Crippen LogP contribution is 2.25. The zero-order chi connectivity index (χ0) is 15.2. The van der Waals surface area contributed by atoms with Crippen molar-refractivity contribution in [2.24, 2.45) is 5.92 Å². The van der Waals surface area contributed by atoms with Crippen LogP contribution in [-0.4, -0.2) is 36.2 Å². The molecule has 0 bridgehead atoms. The Morgan fingerprint density at radius 3 is 2.62 bits per heavy atom. The maximum absolute atomic E-state index is 12.1. The summed E-state index contributed by atoms with van der Waals surface area (Å²) >= 11 is 0. The normalized spacial score (nSPS) is 21.1. The Labute approximate surface area is 124 Å². The zero-order valence-electron chi connectivity index (χ0n) is 12.5. The van der Waals surface area contributed by atoms with Crippen LogP contribution < -0.4 is 0 Å². The molecule has 0 unspecified atom stereocenters. The van der Waals surface area contributed by atoms with Gasteiger partial charge in [-0.15, -0.1) is 0 Å². The van der Waals surface area contributed by atoms with Crippen LogP contribution in [0.4, 0.5) is 4.79 Å². The minimum atomic E-state index is -0.377. The van der Waals surface area contributed by atoms with E-state index in [1.807, 2.05) is 37.3 Å². The van der Waals surface area contributed by atoms with E-state index >= 15 is 0 Å². The van der Waals surface area contributed by atoms with Crippen LogP contribution in [0.2, 0.25) is 0 Å². The lowest BCUT2D eigenvalue weighted by molar-refractivity contribution is -0.147. The monoisotopic (exact) mass is 291 g/mol. The van der Waals surface area contributed by atoms with Crippen LogP contribution >= 0.6 is 0 Å². The average molecular weight is 291 g/mol. The minimum absolute atomic E-state index is 0.0114. The summed E-state index contributed by atoms with van der Waals surface area (Å²) in [5, 5.41) is 0. The van der Waals surface area contributed by atoms with Gasteiger partial charge in [0.1, 0.15) is 6.61 Å². The van der Waals surface area contributed by atoms with Gasteiger partial charge in [-0.1, -0.05) is 30.3 Å². The summed E-state index contributed by atoms with van der Waals surface area (Å²) in [7, 11) is 0. The molecule has 1 aromatic rings. The second-order valence-electron chi connectivity index (χ2n) is 5.23. The summed E-state index contributed by atoms with van der Waals surface area (Å²) in [6.07, 6.45) is 0.248. The van der Waals surface area contributed by atoms with Crippen molar-refractivity contribution in [3.63, 3.8) is 0 Å². The molecule has 0 spiro atoms. The Bertz CT molecular complexity index is 488. The van der Waals surface area contributed by atoms with Gasteiger partial charge in [-0.25, -0.2) is 4.79 Å². The molecule has 0 radical (unpaired) electrons. The number of carbonyl (C=O) groups excluding carboxylic acids is 2. The quantitative estimate of drug-likeness (QED) is 0.800. The fourth-order valence-corrected chi connectivity index (χ4v) is 2.52. The molecule has 2 atom stereocenters. The van der Waals surface area contributed by atoms with Crippen molar-refractivity contribution in [1.82, 2.24) is 4.90 Å². The van der Waals surface area contributed by atoms with Gasteiger partial charge in [0.15, 0.2) is 0 Å². The summed E-state index contributed by atoms with van der Waals surface area (Å²) in [6, 6.07) is 9.52. The number of hydrogen-bond donors (Lipinski definition) is 0. The van der Waals surface area contributed by atoms with Crippen molar-refractivity contribution in [3.8, 4) is 0 Å². The molecule has 5 nitrogen and oxygen atoms in total. The van der Waals surface area contributed by atoms with Gasteiger partial charge in [0.05, 0.1) is 12.5 Å². The third-order valence-electron chi connectivity index (χ3n) is 3.63. The van der Waals surface area contributed by atoms with Crippen LogP contribution in [0.5, 0.6) is 0 Å². The second-order valence-corrected chi connectivity index (χ2v) is 5.23. The first-order valence-corrected chi connectivity index (χ1v) is 7.25. The number of rotatable bonds is 4. The Morgan fingerprint density at radius 2 is 1.95 bits per heavy atom. The molecular formula is C16H21NO4. The lowest BCUT2D eigenvalue weighted by Crippen LogP contribution is -2.35. The molecule has 1 aliphatic rings. The van der Waals surface area contributed by atoms with E-state index < -0.39 is 0 Å². The molecule has 1 amide bonds. The standard InChI is InChI=1S/C16H21NO4/c1-3-20-15(18)14-9-12(2)17(10-14)16(19)21-11-13-7-5-4-6-8-13/h4-8,12,14H,3,9-11H2,1-2H3/t12-,14+/m0/s1. The van der Waals surface area contributed by atoms with Crippen molar-refractivity contribution in [3.05, 3.63) is 35.9 Å².